The zero-order chi connectivity index (χ0) is 11.5. The van der Waals surface area contributed by atoms with E-state index < -0.39 is 0 Å². The fourth-order valence-corrected chi connectivity index (χ4v) is 2.88. The van der Waals surface area contributed by atoms with Gasteiger partial charge in [-0.2, -0.15) is 0 Å². The van der Waals surface area contributed by atoms with Gasteiger partial charge in [-0.3, -0.25) is 4.90 Å². The van der Waals surface area contributed by atoms with Gasteiger partial charge in [0.05, 0.1) is 0 Å². The van der Waals surface area contributed by atoms with Crippen molar-refractivity contribution in [3.05, 3.63) is 21.9 Å². The minimum atomic E-state index is -0.333. The predicted molar refractivity (Wildman–Crippen MR) is 63.6 cm³/mol. The quantitative estimate of drug-likeness (QED) is 0.859. The van der Waals surface area contributed by atoms with Crippen molar-refractivity contribution in [3.63, 3.8) is 0 Å². The molecule has 88 valence electrons. The summed E-state index contributed by atoms with van der Waals surface area (Å²) in [4.78, 5) is 14.9. The first kappa shape index (κ1) is 11.4. The molecule has 1 atom stereocenters. The molecule has 16 heavy (non-hydrogen) atoms. The number of fused-ring (bicyclic) bond motifs is 1. The van der Waals surface area contributed by atoms with Gasteiger partial charge in [0, 0.05) is 30.1 Å². The lowest BCUT2D eigenvalue weighted by molar-refractivity contribution is 0.0663. The molecule has 1 aliphatic heterocycles. The highest BCUT2D eigenvalue weighted by Gasteiger charge is 2.27. The topological polar surface area (TPSA) is 41.6 Å². The number of hydrogen-bond acceptors (Lipinski definition) is 4. The van der Waals surface area contributed by atoms with Crippen molar-refractivity contribution < 1.29 is 9.53 Å². The maximum atomic E-state index is 11.4. The van der Waals surface area contributed by atoms with Gasteiger partial charge in [-0.25, -0.2) is 4.79 Å². The Morgan fingerprint density at radius 2 is 2.56 bits per heavy atom. The smallest absolute Gasteiger partial charge is 0.407 e. The van der Waals surface area contributed by atoms with Gasteiger partial charge < -0.3 is 10.1 Å². The minimum absolute atomic E-state index is 0.133. The van der Waals surface area contributed by atoms with Gasteiger partial charge in [0.25, 0.3) is 0 Å². The molecule has 1 aliphatic rings. The van der Waals surface area contributed by atoms with Crippen LogP contribution < -0.4 is 5.32 Å². The van der Waals surface area contributed by atoms with Gasteiger partial charge in [-0.05, 0) is 25.4 Å². The van der Waals surface area contributed by atoms with Crippen LogP contribution in [0.1, 0.15) is 23.5 Å². The number of thiophene rings is 1. The summed E-state index contributed by atoms with van der Waals surface area (Å²) in [6.07, 6.45) is -0.466. The molecule has 0 saturated heterocycles. The first-order chi connectivity index (χ1) is 7.70. The second-order valence-corrected chi connectivity index (χ2v) is 4.92. The highest BCUT2D eigenvalue weighted by Crippen LogP contribution is 2.32. The van der Waals surface area contributed by atoms with E-state index in [-0.39, 0.29) is 12.2 Å². The van der Waals surface area contributed by atoms with Gasteiger partial charge in [-0.15, -0.1) is 11.3 Å². The van der Waals surface area contributed by atoms with Crippen molar-refractivity contribution in [1.82, 2.24) is 10.2 Å². The highest BCUT2D eigenvalue weighted by molar-refractivity contribution is 7.10. The van der Waals surface area contributed by atoms with Crippen molar-refractivity contribution in [2.75, 3.05) is 20.1 Å². The molecule has 1 aromatic rings. The van der Waals surface area contributed by atoms with E-state index in [1.807, 2.05) is 14.0 Å². The Balaban J connectivity index is 2.08. The zero-order valence-electron chi connectivity index (χ0n) is 9.53. The van der Waals surface area contributed by atoms with Crippen LogP contribution >= 0.6 is 11.3 Å². The third-order valence-corrected chi connectivity index (χ3v) is 3.51. The summed E-state index contributed by atoms with van der Waals surface area (Å²) < 4.78 is 5.40. The Labute approximate surface area is 99.2 Å². The summed E-state index contributed by atoms with van der Waals surface area (Å²) >= 11 is 1.72. The van der Waals surface area contributed by atoms with E-state index in [9.17, 15) is 4.79 Å². The molecule has 4 nitrogen and oxygen atoms in total. The van der Waals surface area contributed by atoms with Gasteiger partial charge in [0.2, 0.25) is 0 Å². The standard InChI is InChI=1S/C11H16N2O2S/c1-3-12-11(14)15-9-6-13(2)7-10-8(9)4-5-16-10/h4-5,9H,3,6-7H2,1-2H3,(H,12,14). The predicted octanol–water partition coefficient (Wildman–Crippen LogP) is 1.98. The number of rotatable bonds is 2. The first-order valence-corrected chi connectivity index (χ1v) is 6.28. The van der Waals surface area contributed by atoms with E-state index in [2.05, 4.69) is 21.7 Å². The summed E-state index contributed by atoms with van der Waals surface area (Å²) in [5.41, 5.74) is 1.16. The molecule has 0 saturated carbocycles. The van der Waals surface area contributed by atoms with Crippen molar-refractivity contribution in [3.8, 4) is 0 Å². The Morgan fingerprint density at radius 1 is 1.75 bits per heavy atom. The van der Waals surface area contributed by atoms with E-state index >= 15 is 0 Å². The number of amides is 1. The maximum absolute atomic E-state index is 11.4. The molecule has 1 amide bonds. The number of alkyl carbamates (subject to hydrolysis) is 1. The Hall–Kier alpha value is -1.07. The van der Waals surface area contributed by atoms with Crippen LogP contribution in [0, 0.1) is 0 Å². The third kappa shape index (κ3) is 2.36. The van der Waals surface area contributed by atoms with Crippen molar-refractivity contribution in [2.45, 2.75) is 19.6 Å². The first-order valence-electron chi connectivity index (χ1n) is 5.40. The molecule has 5 heteroatoms. The van der Waals surface area contributed by atoms with Crippen LogP contribution in [0.25, 0.3) is 0 Å². The maximum Gasteiger partial charge on any atom is 0.407 e. The summed E-state index contributed by atoms with van der Waals surface area (Å²) in [5.74, 6) is 0. The fourth-order valence-electron chi connectivity index (χ4n) is 1.87. The number of carbonyl (C=O) groups excluding carboxylic acids is 1. The lowest BCUT2D eigenvalue weighted by Crippen LogP contribution is -2.34. The van der Waals surface area contributed by atoms with Crippen LogP contribution in [-0.2, 0) is 11.3 Å². The molecule has 2 heterocycles. The number of likely N-dealkylation sites (N-methyl/N-ethyl adjacent to an activating group) is 1. The van der Waals surface area contributed by atoms with E-state index in [0.29, 0.717) is 6.54 Å². The summed E-state index contributed by atoms with van der Waals surface area (Å²) in [7, 11) is 2.04. The molecule has 0 aliphatic carbocycles. The lowest BCUT2D eigenvalue weighted by Gasteiger charge is -2.29. The average molecular weight is 240 g/mol. The van der Waals surface area contributed by atoms with Crippen LogP contribution in [0.5, 0.6) is 0 Å². The SMILES string of the molecule is CCNC(=O)OC1CN(C)Cc2sccc21. The molecule has 1 aromatic heterocycles. The number of nitrogens with one attached hydrogen (secondary N) is 1. The van der Waals surface area contributed by atoms with Gasteiger partial charge in [-0.1, -0.05) is 0 Å². The van der Waals surface area contributed by atoms with E-state index in [0.717, 1.165) is 18.7 Å². The highest BCUT2D eigenvalue weighted by atomic mass is 32.1. The number of hydrogen-bond donors (Lipinski definition) is 1. The number of carbonyl (C=O) groups is 1. The Morgan fingerprint density at radius 3 is 3.31 bits per heavy atom. The van der Waals surface area contributed by atoms with E-state index in [1.165, 1.54) is 4.88 Å². The van der Waals surface area contributed by atoms with Gasteiger partial charge in [0.1, 0.15) is 6.10 Å². The van der Waals surface area contributed by atoms with E-state index in [4.69, 9.17) is 4.74 Å². The Bertz CT molecular complexity index is 378. The number of ether oxygens (including phenoxy) is 1. The summed E-state index contributed by atoms with van der Waals surface area (Å²) in [6.45, 7) is 4.19. The van der Waals surface area contributed by atoms with Crippen LogP contribution in [0.2, 0.25) is 0 Å². The normalized spacial score (nSPS) is 20.2. The molecule has 0 aromatic carbocycles. The monoisotopic (exact) mass is 240 g/mol. The number of nitrogens with zero attached hydrogens (tertiary/aromatic N) is 1. The van der Waals surface area contributed by atoms with Gasteiger partial charge in [0.15, 0.2) is 0 Å². The van der Waals surface area contributed by atoms with Crippen LogP contribution in [0.3, 0.4) is 0 Å². The molecule has 2 rings (SSSR count). The molecular formula is C11H16N2O2S. The van der Waals surface area contributed by atoms with Gasteiger partial charge >= 0.3 is 6.09 Å². The summed E-state index contributed by atoms with van der Waals surface area (Å²) in [6, 6.07) is 2.05. The summed E-state index contributed by atoms with van der Waals surface area (Å²) in [5, 5.41) is 4.71. The fraction of sp³-hybridized carbons (Fsp3) is 0.545. The van der Waals surface area contributed by atoms with Crippen molar-refractivity contribution in [1.29, 1.82) is 0 Å². The molecular weight excluding hydrogens is 224 g/mol. The molecule has 1 unspecified atom stereocenters. The second-order valence-electron chi connectivity index (χ2n) is 3.92. The van der Waals surface area contributed by atoms with Crippen LogP contribution in [0.15, 0.2) is 11.4 Å². The Kier molecular flexibility index (Phi) is 3.46. The lowest BCUT2D eigenvalue weighted by atomic mass is 10.1. The second kappa shape index (κ2) is 4.84. The van der Waals surface area contributed by atoms with E-state index in [1.54, 1.807) is 11.3 Å². The van der Waals surface area contributed by atoms with Crippen LogP contribution in [0.4, 0.5) is 4.79 Å². The van der Waals surface area contributed by atoms with Crippen molar-refractivity contribution >= 4 is 17.4 Å². The van der Waals surface area contributed by atoms with Crippen molar-refractivity contribution in [2.24, 2.45) is 0 Å². The zero-order valence-corrected chi connectivity index (χ0v) is 10.3. The molecule has 0 fully saturated rings. The molecule has 0 spiro atoms. The molecule has 1 N–H and O–H groups in total. The average Bonchev–Trinajstić information content (AvgIpc) is 2.65. The molecule has 0 bridgehead atoms. The molecule has 0 radical (unpaired) electrons. The largest absolute Gasteiger partial charge is 0.440 e. The van der Waals surface area contributed by atoms with Crippen LogP contribution in [-0.4, -0.2) is 31.1 Å². The third-order valence-electron chi connectivity index (χ3n) is 2.59. The minimum Gasteiger partial charge on any atom is -0.440 e.